The Labute approximate surface area is 115 Å². The lowest BCUT2D eigenvalue weighted by Gasteiger charge is -2.28. The minimum atomic E-state index is -0.0594. The van der Waals surface area contributed by atoms with Gasteiger partial charge in [-0.05, 0) is 37.1 Å². The number of nitrogens with zero attached hydrogens (tertiary/aromatic N) is 1. The van der Waals surface area contributed by atoms with Crippen molar-refractivity contribution >= 4 is 21.8 Å². The van der Waals surface area contributed by atoms with E-state index in [1.165, 1.54) is 12.8 Å². The van der Waals surface area contributed by atoms with Crippen LogP contribution in [0.5, 0.6) is 0 Å². The first kappa shape index (κ1) is 13.1. The van der Waals surface area contributed by atoms with Gasteiger partial charge in [-0.1, -0.05) is 28.8 Å². The average molecular weight is 307 g/mol. The third kappa shape index (κ3) is 3.11. The molecule has 0 bridgehead atoms. The molecule has 0 heterocycles. The lowest BCUT2D eigenvalue weighted by molar-refractivity contribution is 0.0930. The van der Waals surface area contributed by atoms with Crippen LogP contribution in [-0.2, 0) is 0 Å². The Morgan fingerprint density at radius 1 is 1.28 bits per heavy atom. The molecule has 1 aromatic carbocycles. The highest BCUT2D eigenvalue weighted by atomic mass is 79.9. The van der Waals surface area contributed by atoms with Gasteiger partial charge in [0, 0.05) is 16.4 Å². The lowest BCUT2D eigenvalue weighted by atomic mass is 9.95. The van der Waals surface area contributed by atoms with Crippen molar-refractivity contribution in [2.45, 2.75) is 36.6 Å². The number of hydrogen-bond acceptors (Lipinski definition) is 2. The first-order valence-corrected chi connectivity index (χ1v) is 7.07. The van der Waals surface area contributed by atoms with E-state index in [1.807, 2.05) is 6.07 Å². The van der Waals surface area contributed by atoms with Gasteiger partial charge in [0.25, 0.3) is 5.91 Å². The van der Waals surface area contributed by atoms with E-state index in [-0.39, 0.29) is 11.9 Å². The standard InChI is InChI=1S/C14H15BrN2O/c15-12-3-1-2-4-13(12)17-14(18)11-7-5-10(9-16)6-8-11/h5-8,12-13H,1-4H2,(H,17,18). The zero-order valence-electron chi connectivity index (χ0n) is 10.0. The minimum absolute atomic E-state index is 0.0594. The van der Waals surface area contributed by atoms with Crippen molar-refractivity contribution in [1.82, 2.24) is 5.32 Å². The molecule has 2 unspecified atom stereocenters. The Kier molecular flexibility index (Phi) is 4.38. The number of benzene rings is 1. The van der Waals surface area contributed by atoms with Crippen LogP contribution in [0.25, 0.3) is 0 Å². The maximum atomic E-state index is 12.0. The molecule has 0 spiro atoms. The first-order valence-electron chi connectivity index (χ1n) is 6.16. The van der Waals surface area contributed by atoms with E-state index in [4.69, 9.17) is 5.26 Å². The summed E-state index contributed by atoms with van der Waals surface area (Å²) in [4.78, 5) is 12.4. The highest BCUT2D eigenvalue weighted by Gasteiger charge is 2.24. The summed E-state index contributed by atoms with van der Waals surface area (Å²) in [5, 5.41) is 11.8. The van der Waals surface area contributed by atoms with Gasteiger partial charge in [-0.25, -0.2) is 0 Å². The quantitative estimate of drug-likeness (QED) is 0.854. The largest absolute Gasteiger partial charge is 0.348 e. The van der Waals surface area contributed by atoms with Gasteiger partial charge in [0.15, 0.2) is 0 Å². The van der Waals surface area contributed by atoms with Crippen LogP contribution in [0.15, 0.2) is 24.3 Å². The summed E-state index contributed by atoms with van der Waals surface area (Å²) >= 11 is 3.62. The van der Waals surface area contributed by atoms with Crippen LogP contribution in [-0.4, -0.2) is 16.8 Å². The van der Waals surface area contributed by atoms with Gasteiger partial charge in [0.2, 0.25) is 0 Å². The number of nitrogens with one attached hydrogen (secondary N) is 1. The zero-order chi connectivity index (χ0) is 13.0. The molecule has 2 atom stereocenters. The molecule has 1 amide bonds. The summed E-state index contributed by atoms with van der Waals surface area (Å²) in [6, 6.07) is 8.98. The number of amides is 1. The maximum Gasteiger partial charge on any atom is 0.251 e. The Balaban J connectivity index is 2.00. The van der Waals surface area contributed by atoms with Crippen molar-refractivity contribution < 1.29 is 4.79 Å². The normalized spacial score (nSPS) is 23.1. The summed E-state index contributed by atoms with van der Waals surface area (Å²) in [5.74, 6) is -0.0594. The van der Waals surface area contributed by atoms with E-state index in [2.05, 4.69) is 21.2 Å². The van der Waals surface area contributed by atoms with E-state index >= 15 is 0 Å². The fraction of sp³-hybridized carbons (Fsp3) is 0.429. The van der Waals surface area contributed by atoms with Gasteiger partial charge >= 0.3 is 0 Å². The van der Waals surface area contributed by atoms with Crippen LogP contribution in [0.2, 0.25) is 0 Å². The van der Waals surface area contributed by atoms with Gasteiger partial charge in [0.1, 0.15) is 0 Å². The Bertz CT molecular complexity index is 464. The van der Waals surface area contributed by atoms with Crippen LogP contribution in [0.4, 0.5) is 0 Å². The molecule has 2 rings (SSSR count). The number of rotatable bonds is 2. The second-order valence-corrected chi connectivity index (χ2v) is 5.75. The van der Waals surface area contributed by atoms with Crippen molar-refractivity contribution in [2.75, 3.05) is 0 Å². The predicted molar refractivity (Wildman–Crippen MR) is 73.6 cm³/mol. The molecule has 3 nitrogen and oxygen atoms in total. The molecular weight excluding hydrogens is 292 g/mol. The topological polar surface area (TPSA) is 52.9 Å². The van der Waals surface area contributed by atoms with Crippen LogP contribution in [0.1, 0.15) is 41.6 Å². The summed E-state index contributed by atoms with van der Waals surface area (Å²) in [6.07, 6.45) is 4.52. The molecule has 1 saturated carbocycles. The number of alkyl halides is 1. The highest BCUT2D eigenvalue weighted by molar-refractivity contribution is 9.09. The SMILES string of the molecule is N#Cc1ccc(C(=O)NC2CCCCC2Br)cc1. The predicted octanol–water partition coefficient (Wildman–Crippen LogP) is 2.99. The molecule has 1 aromatic rings. The van der Waals surface area contributed by atoms with Crippen molar-refractivity contribution in [2.24, 2.45) is 0 Å². The molecule has 1 aliphatic carbocycles. The van der Waals surface area contributed by atoms with E-state index < -0.39 is 0 Å². The summed E-state index contributed by atoms with van der Waals surface area (Å²) < 4.78 is 0. The van der Waals surface area contributed by atoms with Crippen molar-refractivity contribution in [3.63, 3.8) is 0 Å². The van der Waals surface area contributed by atoms with Crippen molar-refractivity contribution in [3.8, 4) is 6.07 Å². The van der Waals surface area contributed by atoms with Crippen molar-refractivity contribution in [3.05, 3.63) is 35.4 Å². The number of carbonyl (C=O) groups excluding carboxylic acids is 1. The van der Waals surface area contributed by atoms with Gasteiger partial charge in [-0.15, -0.1) is 0 Å². The smallest absolute Gasteiger partial charge is 0.251 e. The summed E-state index contributed by atoms with van der Waals surface area (Å²) in [6.45, 7) is 0. The van der Waals surface area contributed by atoms with Gasteiger partial charge in [-0.3, -0.25) is 4.79 Å². The number of carbonyl (C=O) groups is 1. The molecule has 1 aliphatic rings. The number of hydrogen-bond donors (Lipinski definition) is 1. The highest BCUT2D eigenvalue weighted by Crippen LogP contribution is 2.24. The van der Waals surface area contributed by atoms with E-state index in [0.29, 0.717) is 16.0 Å². The second kappa shape index (κ2) is 6.01. The summed E-state index contributed by atoms with van der Waals surface area (Å²) in [7, 11) is 0. The third-order valence-electron chi connectivity index (χ3n) is 3.27. The van der Waals surface area contributed by atoms with E-state index in [9.17, 15) is 4.79 Å². The molecule has 0 saturated heterocycles. The molecule has 0 radical (unpaired) electrons. The van der Waals surface area contributed by atoms with Gasteiger partial charge < -0.3 is 5.32 Å². The first-order chi connectivity index (χ1) is 8.70. The molecular formula is C14H15BrN2O. The van der Waals surface area contributed by atoms with Gasteiger partial charge in [-0.2, -0.15) is 5.26 Å². The van der Waals surface area contributed by atoms with Crippen LogP contribution in [0, 0.1) is 11.3 Å². The minimum Gasteiger partial charge on any atom is -0.348 e. The number of halogens is 1. The van der Waals surface area contributed by atoms with Crippen molar-refractivity contribution in [1.29, 1.82) is 5.26 Å². The lowest BCUT2D eigenvalue weighted by Crippen LogP contribution is -2.42. The molecule has 0 aliphatic heterocycles. The maximum absolute atomic E-state index is 12.0. The molecule has 1 N–H and O–H groups in total. The third-order valence-corrected chi connectivity index (χ3v) is 4.37. The van der Waals surface area contributed by atoms with Crippen LogP contribution >= 0.6 is 15.9 Å². The monoisotopic (exact) mass is 306 g/mol. The molecule has 94 valence electrons. The van der Waals surface area contributed by atoms with E-state index in [1.54, 1.807) is 24.3 Å². The van der Waals surface area contributed by atoms with Crippen LogP contribution in [0.3, 0.4) is 0 Å². The Hall–Kier alpha value is -1.34. The summed E-state index contributed by atoms with van der Waals surface area (Å²) in [5.41, 5.74) is 1.18. The molecule has 4 heteroatoms. The molecule has 1 fully saturated rings. The van der Waals surface area contributed by atoms with Crippen LogP contribution < -0.4 is 5.32 Å². The zero-order valence-corrected chi connectivity index (χ0v) is 11.6. The van der Waals surface area contributed by atoms with Gasteiger partial charge in [0.05, 0.1) is 11.6 Å². The number of nitriles is 1. The average Bonchev–Trinajstić information content (AvgIpc) is 2.41. The molecule has 0 aromatic heterocycles. The van der Waals surface area contributed by atoms with E-state index in [0.717, 1.165) is 12.8 Å². The molecule has 18 heavy (non-hydrogen) atoms. The Morgan fingerprint density at radius 3 is 2.56 bits per heavy atom. The fourth-order valence-electron chi connectivity index (χ4n) is 2.20. The second-order valence-electron chi connectivity index (χ2n) is 4.57. The Morgan fingerprint density at radius 2 is 1.94 bits per heavy atom. The fourth-order valence-corrected chi connectivity index (χ4v) is 2.92.